The molecule has 0 saturated heterocycles. The van der Waals surface area contributed by atoms with Crippen LogP contribution in [0.4, 0.5) is 0 Å². The molecular weight excluding hydrogens is 140 g/mol. The summed E-state index contributed by atoms with van der Waals surface area (Å²) >= 11 is 0. The molecule has 0 bridgehead atoms. The van der Waals surface area contributed by atoms with Gasteiger partial charge in [0.25, 0.3) is 0 Å². The fourth-order valence-corrected chi connectivity index (χ4v) is 0.895. The monoisotopic (exact) mass is 158 g/mol. The zero-order valence-corrected chi connectivity index (χ0v) is 7.68. The van der Waals surface area contributed by atoms with E-state index in [-0.39, 0.29) is 0 Å². The largest absolute Gasteiger partial charge is 0.374 e. The topological polar surface area (TPSA) is 36.3 Å². The van der Waals surface area contributed by atoms with Crippen LogP contribution in [0.15, 0.2) is 0 Å². The van der Waals surface area contributed by atoms with E-state index in [1.807, 2.05) is 25.7 Å². The number of nitrogens with one attached hydrogen (secondary N) is 1. The summed E-state index contributed by atoms with van der Waals surface area (Å²) in [6, 6.07) is 0. The summed E-state index contributed by atoms with van der Waals surface area (Å²) in [7, 11) is 0. The molecule has 0 aromatic heterocycles. The summed E-state index contributed by atoms with van der Waals surface area (Å²) in [5, 5.41) is 7.55. The van der Waals surface area contributed by atoms with Crippen molar-refractivity contribution in [1.29, 1.82) is 5.41 Å². The van der Waals surface area contributed by atoms with E-state index in [0.717, 1.165) is 13.1 Å². The molecule has 0 spiro atoms. The zero-order chi connectivity index (χ0) is 8.69. The van der Waals surface area contributed by atoms with E-state index in [9.17, 15) is 0 Å². The first-order valence-corrected chi connectivity index (χ1v) is 4.16. The molecule has 66 valence electrons. The third-order valence-corrected chi connectivity index (χ3v) is 1.59. The molecule has 0 amide bonds. The van der Waals surface area contributed by atoms with E-state index in [1.54, 1.807) is 0 Å². The Morgan fingerprint density at radius 2 is 1.82 bits per heavy atom. The molecule has 3 heteroatoms. The Morgan fingerprint density at radius 3 is 2.18 bits per heavy atom. The molecule has 0 aliphatic rings. The van der Waals surface area contributed by atoms with Crippen LogP contribution in [0.2, 0.25) is 0 Å². The van der Waals surface area contributed by atoms with Crippen molar-refractivity contribution in [2.75, 3.05) is 26.3 Å². The van der Waals surface area contributed by atoms with Crippen LogP contribution in [0.3, 0.4) is 0 Å². The van der Waals surface area contributed by atoms with Crippen molar-refractivity contribution in [3.8, 4) is 0 Å². The summed E-state index contributed by atoms with van der Waals surface area (Å²) in [6.45, 7) is 8.94. The molecule has 0 radical (unpaired) electrons. The van der Waals surface area contributed by atoms with Crippen molar-refractivity contribution in [1.82, 2.24) is 4.90 Å². The predicted molar refractivity (Wildman–Crippen MR) is 47.1 cm³/mol. The van der Waals surface area contributed by atoms with E-state index in [0.29, 0.717) is 19.0 Å². The summed E-state index contributed by atoms with van der Waals surface area (Å²) in [5.41, 5.74) is 0. The van der Waals surface area contributed by atoms with E-state index in [4.69, 9.17) is 10.1 Å². The highest BCUT2D eigenvalue weighted by molar-refractivity contribution is 5.80. The number of amidine groups is 1. The second-order valence-corrected chi connectivity index (χ2v) is 2.26. The standard InChI is InChI=1S/C8H18N2O/c1-4-10(5-2)8(9)7-11-6-3/h9H,4-7H2,1-3H3. The van der Waals surface area contributed by atoms with Gasteiger partial charge < -0.3 is 9.64 Å². The maximum atomic E-state index is 7.55. The molecule has 1 N–H and O–H groups in total. The van der Waals surface area contributed by atoms with Gasteiger partial charge in [-0.25, -0.2) is 0 Å². The Labute approximate surface area is 68.9 Å². The van der Waals surface area contributed by atoms with Crippen LogP contribution < -0.4 is 0 Å². The van der Waals surface area contributed by atoms with Crippen LogP contribution in [0.25, 0.3) is 0 Å². The fraction of sp³-hybridized carbons (Fsp3) is 0.875. The van der Waals surface area contributed by atoms with Gasteiger partial charge in [-0.3, -0.25) is 5.41 Å². The molecule has 0 atom stereocenters. The quantitative estimate of drug-likeness (QED) is 0.484. The Hall–Kier alpha value is -0.570. The minimum Gasteiger partial charge on any atom is -0.374 e. The Balaban J connectivity index is 3.61. The first kappa shape index (κ1) is 10.4. The minimum atomic E-state index is 0.443. The van der Waals surface area contributed by atoms with Crippen molar-refractivity contribution in [2.24, 2.45) is 0 Å². The average Bonchev–Trinajstić information content (AvgIpc) is 2.03. The lowest BCUT2D eigenvalue weighted by molar-refractivity contribution is 0.177. The van der Waals surface area contributed by atoms with Gasteiger partial charge in [0.15, 0.2) is 0 Å². The number of nitrogens with zero attached hydrogens (tertiary/aromatic N) is 1. The molecule has 0 aromatic carbocycles. The average molecular weight is 158 g/mol. The molecule has 0 saturated carbocycles. The lowest BCUT2D eigenvalue weighted by atomic mass is 10.4. The highest BCUT2D eigenvalue weighted by Crippen LogP contribution is 1.89. The molecule has 0 aliphatic carbocycles. The van der Waals surface area contributed by atoms with E-state index >= 15 is 0 Å². The van der Waals surface area contributed by atoms with Gasteiger partial charge >= 0.3 is 0 Å². The lowest BCUT2D eigenvalue weighted by Gasteiger charge is -2.20. The summed E-state index contributed by atoms with van der Waals surface area (Å²) in [4.78, 5) is 1.98. The second-order valence-electron chi connectivity index (χ2n) is 2.26. The van der Waals surface area contributed by atoms with Gasteiger partial charge in [0.2, 0.25) is 0 Å². The van der Waals surface area contributed by atoms with Crippen LogP contribution in [0.5, 0.6) is 0 Å². The van der Waals surface area contributed by atoms with Crippen molar-refractivity contribution >= 4 is 5.84 Å². The first-order chi connectivity index (χ1) is 5.26. The highest BCUT2D eigenvalue weighted by Gasteiger charge is 2.03. The van der Waals surface area contributed by atoms with Gasteiger partial charge in [-0.1, -0.05) is 0 Å². The normalized spacial score (nSPS) is 9.73. The third kappa shape index (κ3) is 3.98. The molecule has 0 fully saturated rings. The number of hydrogen-bond donors (Lipinski definition) is 1. The van der Waals surface area contributed by atoms with Gasteiger partial charge in [-0.15, -0.1) is 0 Å². The van der Waals surface area contributed by atoms with Crippen LogP contribution in [0.1, 0.15) is 20.8 Å². The maximum Gasteiger partial charge on any atom is 0.122 e. The molecule has 0 heterocycles. The third-order valence-electron chi connectivity index (χ3n) is 1.59. The lowest BCUT2D eigenvalue weighted by Crippen LogP contribution is -2.33. The molecule has 11 heavy (non-hydrogen) atoms. The zero-order valence-electron chi connectivity index (χ0n) is 7.68. The molecular formula is C8H18N2O. The maximum absolute atomic E-state index is 7.55. The van der Waals surface area contributed by atoms with Crippen LogP contribution in [-0.2, 0) is 4.74 Å². The van der Waals surface area contributed by atoms with E-state index in [1.165, 1.54) is 0 Å². The molecule has 0 rings (SSSR count). The fourth-order valence-electron chi connectivity index (χ4n) is 0.895. The van der Waals surface area contributed by atoms with Crippen LogP contribution in [-0.4, -0.2) is 37.0 Å². The van der Waals surface area contributed by atoms with E-state index in [2.05, 4.69) is 0 Å². The van der Waals surface area contributed by atoms with Crippen LogP contribution in [0, 0.1) is 5.41 Å². The highest BCUT2D eigenvalue weighted by atomic mass is 16.5. The van der Waals surface area contributed by atoms with Gasteiger partial charge in [-0.05, 0) is 20.8 Å². The minimum absolute atomic E-state index is 0.443. The number of hydrogen-bond acceptors (Lipinski definition) is 2. The van der Waals surface area contributed by atoms with Crippen molar-refractivity contribution in [2.45, 2.75) is 20.8 Å². The number of rotatable bonds is 5. The Bertz CT molecular complexity index is 111. The van der Waals surface area contributed by atoms with Crippen molar-refractivity contribution in [3.63, 3.8) is 0 Å². The second kappa shape index (κ2) is 6.16. The summed E-state index contributed by atoms with van der Waals surface area (Å²) in [5.74, 6) is 0.580. The Morgan fingerprint density at radius 1 is 1.27 bits per heavy atom. The predicted octanol–water partition coefficient (Wildman–Crippen LogP) is 1.34. The first-order valence-electron chi connectivity index (χ1n) is 4.16. The van der Waals surface area contributed by atoms with Gasteiger partial charge in [0, 0.05) is 19.7 Å². The summed E-state index contributed by atoms with van der Waals surface area (Å²) < 4.78 is 5.11. The smallest absolute Gasteiger partial charge is 0.122 e. The van der Waals surface area contributed by atoms with E-state index < -0.39 is 0 Å². The molecule has 0 aromatic rings. The summed E-state index contributed by atoms with van der Waals surface area (Å²) in [6.07, 6.45) is 0. The van der Waals surface area contributed by atoms with Gasteiger partial charge in [0.05, 0.1) is 0 Å². The van der Waals surface area contributed by atoms with Crippen molar-refractivity contribution < 1.29 is 4.74 Å². The SMILES string of the molecule is CCOCC(=N)N(CC)CC. The molecule has 3 nitrogen and oxygen atoms in total. The van der Waals surface area contributed by atoms with Crippen molar-refractivity contribution in [3.05, 3.63) is 0 Å². The Kier molecular flexibility index (Phi) is 5.84. The molecule has 0 unspecified atom stereocenters. The van der Waals surface area contributed by atoms with Crippen LogP contribution >= 0.6 is 0 Å². The molecule has 0 aliphatic heterocycles. The van der Waals surface area contributed by atoms with Gasteiger partial charge in [-0.2, -0.15) is 0 Å². The number of likely N-dealkylation sites (N-methyl/N-ethyl adjacent to an activating group) is 1. The number of ether oxygens (including phenoxy) is 1. The van der Waals surface area contributed by atoms with Gasteiger partial charge in [0.1, 0.15) is 12.4 Å².